The van der Waals surface area contributed by atoms with Crippen molar-refractivity contribution in [1.29, 1.82) is 0 Å². The highest BCUT2D eigenvalue weighted by atomic mass is 19.4. The zero-order valence-electron chi connectivity index (χ0n) is 12.5. The van der Waals surface area contributed by atoms with E-state index in [0.29, 0.717) is 30.9 Å². The van der Waals surface area contributed by atoms with Gasteiger partial charge in [0, 0.05) is 25.3 Å². The predicted molar refractivity (Wildman–Crippen MR) is 79.5 cm³/mol. The summed E-state index contributed by atoms with van der Waals surface area (Å²) in [6.45, 7) is 1.88. The number of nitrogens with one attached hydrogen (secondary N) is 1. The Morgan fingerprint density at radius 3 is 2.24 bits per heavy atom. The summed E-state index contributed by atoms with van der Waals surface area (Å²) in [5.74, 6) is 0. The predicted octanol–water partition coefficient (Wildman–Crippen LogP) is 4.20. The molecule has 1 aromatic rings. The van der Waals surface area contributed by atoms with Crippen molar-refractivity contribution in [1.82, 2.24) is 5.32 Å². The van der Waals surface area contributed by atoms with E-state index in [1.807, 2.05) is 4.90 Å². The van der Waals surface area contributed by atoms with Gasteiger partial charge in [-0.05, 0) is 37.6 Å². The average molecular weight is 300 g/mol. The second-order valence-corrected chi connectivity index (χ2v) is 5.63. The first-order valence-corrected chi connectivity index (χ1v) is 7.62. The number of anilines is 1. The summed E-state index contributed by atoms with van der Waals surface area (Å²) in [5.41, 5.74) is 0.501. The summed E-state index contributed by atoms with van der Waals surface area (Å²) in [7, 11) is 1.74. The van der Waals surface area contributed by atoms with E-state index in [1.165, 1.54) is 12.5 Å². The Morgan fingerprint density at radius 1 is 1.05 bits per heavy atom. The van der Waals surface area contributed by atoms with Crippen LogP contribution >= 0.6 is 0 Å². The fourth-order valence-corrected chi connectivity index (χ4v) is 2.89. The summed E-state index contributed by atoms with van der Waals surface area (Å²) < 4.78 is 40.1. The molecule has 1 N–H and O–H groups in total. The summed E-state index contributed by atoms with van der Waals surface area (Å²) >= 11 is 0. The number of nitrogens with zero attached hydrogens (tertiary/aromatic N) is 1. The van der Waals surface area contributed by atoms with Crippen LogP contribution in [-0.4, -0.2) is 20.1 Å². The molecule has 0 aliphatic carbocycles. The van der Waals surface area contributed by atoms with Crippen LogP contribution in [0.5, 0.6) is 0 Å². The van der Waals surface area contributed by atoms with Gasteiger partial charge in [0.15, 0.2) is 0 Å². The molecule has 0 aromatic heterocycles. The molecule has 0 radical (unpaired) electrons. The highest BCUT2D eigenvalue weighted by molar-refractivity contribution is 5.56. The van der Waals surface area contributed by atoms with Crippen molar-refractivity contribution in [2.24, 2.45) is 0 Å². The molecule has 1 fully saturated rings. The Kier molecular flexibility index (Phi) is 5.51. The first kappa shape index (κ1) is 16.1. The Bertz CT molecular complexity index is 449. The van der Waals surface area contributed by atoms with Crippen LogP contribution in [0.2, 0.25) is 0 Å². The van der Waals surface area contributed by atoms with E-state index >= 15 is 0 Å². The summed E-state index contributed by atoms with van der Waals surface area (Å²) in [6, 6.07) is 4.71. The summed E-state index contributed by atoms with van der Waals surface area (Å²) in [5, 5.41) is 2.90. The third-order valence-electron chi connectivity index (χ3n) is 3.94. The van der Waals surface area contributed by atoms with Gasteiger partial charge < -0.3 is 10.2 Å². The standard InChI is InChI=1S/C16H23F3N2/c1-20-12-13-7-8-15(14(11-13)16(17,18)19)21-9-5-3-2-4-6-10-21/h7-8,11,20H,2-6,9-10,12H2,1H3. The van der Waals surface area contributed by atoms with E-state index in [1.54, 1.807) is 19.2 Å². The highest BCUT2D eigenvalue weighted by Gasteiger charge is 2.35. The molecule has 2 nitrogen and oxygen atoms in total. The molecule has 0 saturated carbocycles. The number of rotatable bonds is 3. The van der Waals surface area contributed by atoms with E-state index < -0.39 is 11.7 Å². The monoisotopic (exact) mass is 300 g/mol. The minimum absolute atomic E-state index is 0.337. The smallest absolute Gasteiger partial charge is 0.371 e. The fourth-order valence-electron chi connectivity index (χ4n) is 2.89. The quantitative estimate of drug-likeness (QED) is 0.900. The average Bonchev–Trinajstić information content (AvgIpc) is 2.38. The zero-order valence-corrected chi connectivity index (χ0v) is 12.5. The molecule has 5 heteroatoms. The van der Waals surface area contributed by atoms with Gasteiger partial charge in [0.05, 0.1) is 5.56 Å². The van der Waals surface area contributed by atoms with Crippen LogP contribution < -0.4 is 10.2 Å². The minimum atomic E-state index is -4.30. The first-order valence-electron chi connectivity index (χ1n) is 7.62. The molecule has 0 unspecified atom stereocenters. The topological polar surface area (TPSA) is 15.3 Å². The molecule has 0 atom stereocenters. The molecule has 2 rings (SSSR count). The van der Waals surface area contributed by atoms with E-state index in [9.17, 15) is 13.2 Å². The summed E-state index contributed by atoms with van der Waals surface area (Å²) in [4.78, 5) is 1.91. The maximum Gasteiger partial charge on any atom is 0.418 e. The van der Waals surface area contributed by atoms with Gasteiger partial charge >= 0.3 is 6.18 Å². The van der Waals surface area contributed by atoms with E-state index in [4.69, 9.17) is 0 Å². The molecule has 1 aliphatic heterocycles. The van der Waals surface area contributed by atoms with Gasteiger partial charge in [0.1, 0.15) is 0 Å². The second kappa shape index (κ2) is 7.16. The molecule has 1 aromatic carbocycles. The van der Waals surface area contributed by atoms with Crippen LogP contribution in [0.15, 0.2) is 18.2 Å². The number of alkyl halides is 3. The van der Waals surface area contributed by atoms with Crippen LogP contribution in [0.4, 0.5) is 18.9 Å². The highest BCUT2D eigenvalue weighted by Crippen LogP contribution is 2.37. The largest absolute Gasteiger partial charge is 0.418 e. The van der Waals surface area contributed by atoms with Crippen molar-refractivity contribution in [3.63, 3.8) is 0 Å². The van der Waals surface area contributed by atoms with Crippen molar-refractivity contribution in [3.8, 4) is 0 Å². The van der Waals surface area contributed by atoms with Crippen molar-refractivity contribution in [2.45, 2.75) is 44.8 Å². The molecular formula is C16H23F3N2. The van der Waals surface area contributed by atoms with Crippen molar-refractivity contribution >= 4 is 5.69 Å². The Labute approximate surface area is 124 Å². The molecule has 0 spiro atoms. The number of halogens is 3. The van der Waals surface area contributed by atoms with E-state index in [-0.39, 0.29) is 0 Å². The van der Waals surface area contributed by atoms with Crippen LogP contribution in [0.3, 0.4) is 0 Å². The molecular weight excluding hydrogens is 277 g/mol. The molecule has 1 saturated heterocycles. The van der Waals surface area contributed by atoms with Gasteiger partial charge in [-0.1, -0.05) is 25.3 Å². The van der Waals surface area contributed by atoms with Crippen LogP contribution in [0.25, 0.3) is 0 Å². The normalized spacial score (nSPS) is 17.4. The molecule has 1 heterocycles. The lowest BCUT2D eigenvalue weighted by molar-refractivity contribution is -0.137. The number of hydrogen-bond donors (Lipinski definition) is 1. The lowest BCUT2D eigenvalue weighted by Crippen LogP contribution is -2.29. The van der Waals surface area contributed by atoms with Crippen LogP contribution in [0.1, 0.15) is 43.2 Å². The maximum atomic E-state index is 13.4. The van der Waals surface area contributed by atoms with Crippen molar-refractivity contribution in [3.05, 3.63) is 29.3 Å². The first-order chi connectivity index (χ1) is 10.0. The molecule has 0 bridgehead atoms. The van der Waals surface area contributed by atoms with Crippen molar-refractivity contribution in [2.75, 3.05) is 25.0 Å². The SMILES string of the molecule is CNCc1ccc(N2CCCCCCC2)c(C(F)(F)F)c1. The fraction of sp³-hybridized carbons (Fsp3) is 0.625. The third-order valence-corrected chi connectivity index (χ3v) is 3.94. The maximum absolute atomic E-state index is 13.4. The molecule has 1 aliphatic rings. The molecule has 0 amide bonds. The van der Waals surface area contributed by atoms with Gasteiger partial charge in [-0.3, -0.25) is 0 Å². The van der Waals surface area contributed by atoms with Gasteiger partial charge in [-0.2, -0.15) is 13.2 Å². The Hall–Kier alpha value is -1.23. The van der Waals surface area contributed by atoms with E-state index in [0.717, 1.165) is 25.7 Å². The minimum Gasteiger partial charge on any atom is -0.371 e. The zero-order chi connectivity index (χ0) is 15.3. The second-order valence-electron chi connectivity index (χ2n) is 5.63. The van der Waals surface area contributed by atoms with Gasteiger partial charge in [-0.15, -0.1) is 0 Å². The number of benzene rings is 1. The van der Waals surface area contributed by atoms with Gasteiger partial charge in [0.2, 0.25) is 0 Å². The third kappa shape index (κ3) is 4.37. The lowest BCUT2D eigenvalue weighted by atomic mass is 10.0. The van der Waals surface area contributed by atoms with Crippen molar-refractivity contribution < 1.29 is 13.2 Å². The van der Waals surface area contributed by atoms with Gasteiger partial charge in [-0.25, -0.2) is 0 Å². The lowest BCUT2D eigenvalue weighted by Gasteiger charge is -2.29. The Morgan fingerprint density at radius 2 is 1.67 bits per heavy atom. The molecule has 118 valence electrons. The van der Waals surface area contributed by atoms with Gasteiger partial charge in [0.25, 0.3) is 0 Å². The Balaban J connectivity index is 2.31. The summed E-state index contributed by atoms with van der Waals surface area (Å²) in [6.07, 6.45) is 1.04. The van der Waals surface area contributed by atoms with E-state index in [2.05, 4.69) is 5.32 Å². The number of hydrogen-bond acceptors (Lipinski definition) is 2. The molecule has 21 heavy (non-hydrogen) atoms. The van der Waals surface area contributed by atoms with Crippen LogP contribution in [-0.2, 0) is 12.7 Å². The van der Waals surface area contributed by atoms with Crippen LogP contribution in [0, 0.1) is 0 Å².